The summed E-state index contributed by atoms with van der Waals surface area (Å²) < 4.78 is 0. The van der Waals surface area contributed by atoms with Crippen LogP contribution in [0.2, 0.25) is 0 Å². The summed E-state index contributed by atoms with van der Waals surface area (Å²) in [7, 11) is 0. The maximum Gasteiger partial charge on any atom is 0.147 e. The molecule has 19 heavy (non-hydrogen) atoms. The predicted octanol–water partition coefficient (Wildman–Crippen LogP) is 2.18. The van der Waals surface area contributed by atoms with Crippen LogP contribution in [0.4, 0.5) is 5.82 Å². The Bertz CT molecular complexity index is 375. The Morgan fingerprint density at radius 2 is 1.95 bits per heavy atom. The van der Waals surface area contributed by atoms with Crippen molar-refractivity contribution in [3.05, 3.63) is 18.6 Å². The monoisotopic (exact) mass is 260 g/mol. The van der Waals surface area contributed by atoms with Crippen LogP contribution in [0.25, 0.3) is 0 Å². The van der Waals surface area contributed by atoms with Crippen molar-refractivity contribution in [2.45, 2.75) is 32.1 Å². The molecule has 1 aromatic rings. The van der Waals surface area contributed by atoms with Gasteiger partial charge in [-0.15, -0.1) is 0 Å². The van der Waals surface area contributed by atoms with Crippen LogP contribution in [-0.4, -0.2) is 47.6 Å². The third kappa shape index (κ3) is 3.44. The number of hydrogen-bond acceptors (Lipinski definition) is 4. The molecule has 3 heterocycles. The smallest absolute Gasteiger partial charge is 0.147 e. The standard InChI is InChI=1S/C15H24N4/c1-2-8-18(9-3-1)12-14-5-4-10-19(13-14)15-11-16-6-7-17-15/h6-7,11,14H,1-5,8-10,12-13H2/t14-/m0/s1. The van der Waals surface area contributed by atoms with Crippen molar-refractivity contribution in [3.63, 3.8) is 0 Å². The van der Waals surface area contributed by atoms with Gasteiger partial charge in [0.2, 0.25) is 0 Å². The molecule has 1 atom stereocenters. The SMILES string of the molecule is c1cnc(N2CCC[C@@H](CN3CCCCC3)C2)cn1. The molecule has 3 rings (SSSR count). The van der Waals surface area contributed by atoms with Crippen molar-refractivity contribution in [1.29, 1.82) is 0 Å². The molecule has 104 valence electrons. The zero-order chi connectivity index (χ0) is 12.9. The molecule has 2 saturated heterocycles. The summed E-state index contributed by atoms with van der Waals surface area (Å²) in [6, 6.07) is 0. The molecule has 4 nitrogen and oxygen atoms in total. The maximum absolute atomic E-state index is 4.43. The van der Waals surface area contributed by atoms with Gasteiger partial charge in [-0.3, -0.25) is 4.98 Å². The zero-order valence-electron chi connectivity index (χ0n) is 11.7. The molecule has 0 radical (unpaired) electrons. The van der Waals surface area contributed by atoms with Gasteiger partial charge in [0, 0.05) is 32.0 Å². The first kappa shape index (κ1) is 12.9. The molecule has 0 saturated carbocycles. The number of hydrogen-bond donors (Lipinski definition) is 0. The lowest BCUT2D eigenvalue weighted by Crippen LogP contribution is -2.42. The summed E-state index contributed by atoms with van der Waals surface area (Å²) in [5.74, 6) is 1.85. The summed E-state index contributed by atoms with van der Waals surface area (Å²) >= 11 is 0. The average molecular weight is 260 g/mol. The minimum absolute atomic E-state index is 0.800. The van der Waals surface area contributed by atoms with Crippen LogP contribution in [0.3, 0.4) is 0 Å². The molecule has 2 fully saturated rings. The lowest BCUT2D eigenvalue weighted by atomic mass is 9.96. The van der Waals surface area contributed by atoms with E-state index in [0.717, 1.165) is 24.8 Å². The lowest BCUT2D eigenvalue weighted by molar-refractivity contribution is 0.185. The summed E-state index contributed by atoms with van der Waals surface area (Å²) in [6.45, 7) is 6.17. The van der Waals surface area contributed by atoms with Gasteiger partial charge < -0.3 is 9.80 Å². The van der Waals surface area contributed by atoms with Crippen molar-refractivity contribution in [3.8, 4) is 0 Å². The number of piperidine rings is 2. The molecule has 2 aliphatic heterocycles. The number of nitrogens with zero attached hydrogens (tertiary/aromatic N) is 4. The van der Waals surface area contributed by atoms with Crippen LogP contribution in [0.1, 0.15) is 32.1 Å². The predicted molar refractivity (Wildman–Crippen MR) is 77.3 cm³/mol. The molecule has 0 unspecified atom stereocenters. The van der Waals surface area contributed by atoms with E-state index in [4.69, 9.17) is 0 Å². The molecule has 0 aliphatic carbocycles. The van der Waals surface area contributed by atoms with Crippen molar-refractivity contribution in [2.75, 3.05) is 37.6 Å². The van der Waals surface area contributed by atoms with Gasteiger partial charge in [0.15, 0.2) is 0 Å². The van der Waals surface area contributed by atoms with Crippen LogP contribution < -0.4 is 4.90 Å². The Balaban J connectivity index is 1.55. The van der Waals surface area contributed by atoms with Crippen LogP contribution in [0.5, 0.6) is 0 Å². The van der Waals surface area contributed by atoms with E-state index in [-0.39, 0.29) is 0 Å². The van der Waals surface area contributed by atoms with Crippen molar-refractivity contribution >= 4 is 5.82 Å². The molecule has 0 spiro atoms. The quantitative estimate of drug-likeness (QED) is 0.834. The average Bonchev–Trinajstić information content (AvgIpc) is 2.49. The largest absolute Gasteiger partial charge is 0.355 e. The van der Waals surface area contributed by atoms with E-state index in [2.05, 4.69) is 19.8 Å². The number of anilines is 1. The second-order valence-electron chi connectivity index (χ2n) is 5.88. The number of likely N-dealkylation sites (tertiary alicyclic amines) is 1. The van der Waals surface area contributed by atoms with Gasteiger partial charge in [-0.05, 0) is 44.7 Å². The number of aromatic nitrogens is 2. The first-order chi connectivity index (χ1) is 9.42. The maximum atomic E-state index is 4.43. The molecule has 0 N–H and O–H groups in total. The fourth-order valence-corrected chi connectivity index (χ4v) is 3.38. The zero-order valence-corrected chi connectivity index (χ0v) is 11.7. The van der Waals surface area contributed by atoms with E-state index in [1.807, 2.05) is 6.20 Å². The highest BCUT2D eigenvalue weighted by atomic mass is 15.2. The summed E-state index contributed by atoms with van der Waals surface area (Å²) in [5, 5.41) is 0. The van der Waals surface area contributed by atoms with Crippen LogP contribution in [0.15, 0.2) is 18.6 Å². The normalized spacial score (nSPS) is 25.5. The van der Waals surface area contributed by atoms with E-state index in [0.29, 0.717) is 0 Å². The van der Waals surface area contributed by atoms with E-state index in [1.54, 1.807) is 12.4 Å². The van der Waals surface area contributed by atoms with Crippen LogP contribution >= 0.6 is 0 Å². The summed E-state index contributed by atoms with van der Waals surface area (Å²) in [5.41, 5.74) is 0. The van der Waals surface area contributed by atoms with Crippen LogP contribution in [0, 0.1) is 5.92 Å². The molecule has 4 heteroatoms. The third-order valence-electron chi connectivity index (χ3n) is 4.36. The highest BCUT2D eigenvalue weighted by Gasteiger charge is 2.23. The van der Waals surface area contributed by atoms with E-state index in [1.165, 1.54) is 51.7 Å². The molecular weight excluding hydrogens is 236 g/mol. The fourth-order valence-electron chi connectivity index (χ4n) is 3.38. The first-order valence-corrected chi connectivity index (χ1v) is 7.65. The topological polar surface area (TPSA) is 32.3 Å². The van der Waals surface area contributed by atoms with Crippen LogP contribution in [-0.2, 0) is 0 Å². The van der Waals surface area contributed by atoms with Gasteiger partial charge in [-0.1, -0.05) is 6.42 Å². The Kier molecular flexibility index (Phi) is 4.28. The second-order valence-corrected chi connectivity index (χ2v) is 5.88. The highest BCUT2D eigenvalue weighted by Crippen LogP contribution is 2.22. The fraction of sp³-hybridized carbons (Fsp3) is 0.733. The summed E-state index contributed by atoms with van der Waals surface area (Å²) in [6.07, 6.45) is 12.3. The van der Waals surface area contributed by atoms with E-state index in [9.17, 15) is 0 Å². The minimum atomic E-state index is 0.800. The van der Waals surface area contributed by atoms with Crippen molar-refractivity contribution in [1.82, 2.24) is 14.9 Å². The van der Waals surface area contributed by atoms with Crippen molar-refractivity contribution < 1.29 is 0 Å². The second kappa shape index (κ2) is 6.33. The van der Waals surface area contributed by atoms with Gasteiger partial charge in [0.25, 0.3) is 0 Å². The first-order valence-electron chi connectivity index (χ1n) is 7.65. The molecule has 0 bridgehead atoms. The molecule has 0 amide bonds. The van der Waals surface area contributed by atoms with Gasteiger partial charge in [-0.25, -0.2) is 4.98 Å². The van der Waals surface area contributed by atoms with Gasteiger partial charge in [-0.2, -0.15) is 0 Å². The molecule has 2 aliphatic rings. The van der Waals surface area contributed by atoms with Gasteiger partial charge in [0.05, 0.1) is 6.20 Å². The molecular formula is C15H24N4. The van der Waals surface area contributed by atoms with Gasteiger partial charge >= 0.3 is 0 Å². The molecule has 1 aromatic heterocycles. The Morgan fingerprint density at radius 1 is 1.05 bits per heavy atom. The Morgan fingerprint density at radius 3 is 2.74 bits per heavy atom. The highest BCUT2D eigenvalue weighted by molar-refractivity contribution is 5.35. The van der Waals surface area contributed by atoms with Gasteiger partial charge in [0.1, 0.15) is 5.82 Å². The Labute approximate surface area is 115 Å². The van der Waals surface area contributed by atoms with E-state index < -0.39 is 0 Å². The summed E-state index contributed by atoms with van der Waals surface area (Å²) in [4.78, 5) is 13.7. The van der Waals surface area contributed by atoms with Crippen molar-refractivity contribution in [2.24, 2.45) is 5.92 Å². The Hall–Kier alpha value is -1.16. The minimum Gasteiger partial charge on any atom is -0.355 e. The molecule has 0 aromatic carbocycles. The van der Waals surface area contributed by atoms with E-state index >= 15 is 0 Å². The lowest BCUT2D eigenvalue weighted by Gasteiger charge is -2.37. The number of rotatable bonds is 3. The third-order valence-corrected chi connectivity index (χ3v) is 4.36.